The lowest BCUT2D eigenvalue weighted by molar-refractivity contribution is -0.137. The molecule has 0 bridgehead atoms. The topological polar surface area (TPSA) is 61.4 Å². The molecule has 0 saturated carbocycles. The summed E-state index contributed by atoms with van der Waals surface area (Å²) in [7, 11) is 1.55. The molecule has 30 heavy (non-hydrogen) atoms. The van der Waals surface area contributed by atoms with Gasteiger partial charge in [-0.2, -0.15) is 13.2 Å². The Balaban J connectivity index is 1.98. The molecule has 162 valence electrons. The van der Waals surface area contributed by atoms with E-state index in [0.717, 1.165) is 22.9 Å². The van der Waals surface area contributed by atoms with Crippen LogP contribution >= 0.6 is 0 Å². The van der Waals surface area contributed by atoms with E-state index in [0.29, 0.717) is 0 Å². The van der Waals surface area contributed by atoms with E-state index in [-0.39, 0.29) is 30.6 Å². The Morgan fingerprint density at radius 2 is 1.57 bits per heavy atom. The third-order valence-electron chi connectivity index (χ3n) is 4.53. The van der Waals surface area contributed by atoms with Gasteiger partial charge in [0.15, 0.2) is 0 Å². The summed E-state index contributed by atoms with van der Waals surface area (Å²) in [4.78, 5) is 26.1. The van der Waals surface area contributed by atoms with Gasteiger partial charge in [-0.3, -0.25) is 14.5 Å². The molecule has 0 aliphatic rings. The monoisotopic (exact) mass is 421 g/mol. The molecule has 0 aromatic heterocycles. The second kappa shape index (κ2) is 9.75. The number of rotatable bonds is 7. The van der Waals surface area contributed by atoms with Crippen molar-refractivity contribution in [1.82, 2.24) is 4.90 Å². The Labute approximate surface area is 174 Å². The summed E-state index contributed by atoms with van der Waals surface area (Å²) in [6.45, 7) is 5.64. The summed E-state index contributed by atoms with van der Waals surface area (Å²) in [5, 5.41) is 5.15. The summed E-state index contributed by atoms with van der Waals surface area (Å²) in [5.74, 6) is -0.727. The van der Waals surface area contributed by atoms with Crippen LogP contribution in [0.4, 0.5) is 24.5 Å². The molecule has 0 atom stereocenters. The number of nitrogens with one attached hydrogen (secondary N) is 2. The number of carbonyl (C=O) groups is 2. The average molecular weight is 421 g/mol. The van der Waals surface area contributed by atoms with E-state index in [4.69, 9.17) is 0 Å². The lowest BCUT2D eigenvalue weighted by atomic mass is 9.98. The standard InChI is InChI=1S/C22H26F3N3O2/c1-14(2)16-9-7-8-15(3)21(16)27-20(30)13-28(4)12-19(29)26-18-11-6-5-10-17(18)22(23,24)25/h5-11,14H,12-13H2,1-4H3,(H,26,29)(H,27,30). The van der Waals surface area contributed by atoms with E-state index in [9.17, 15) is 22.8 Å². The number of para-hydroxylation sites is 2. The Morgan fingerprint density at radius 3 is 2.17 bits per heavy atom. The number of halogens is 3. The zero-order valence-corrected chi connectivity index (χ0v) is 17.4. The maximum absolute atomic E-state index is 13.0. The first kappa shape index (κ1) is 23.4. The van der Waals surface area contributed by atoms with Gasteiger partial charge in [-0.05, 0) is 43.1 Å². The Hall–Kier alpha value is -2.87. The van der Waals surface area contributed by atoms with Crippen LogP contribution in [0, 0.1) is 6.92 Å². The second-order valence-corrected chi connectivity index (χ2v) is 7.51. The number of hydrogen-bond acceptors (Lipinski definition) is 3. The molecule has 0 spiro atoms. The van der Waals surface area contributed by atoms with Crippen molar-refractivity contribution in [3.05, 3.63) is 59.2 Å². The van der Waals surface area contributed by atoms with E-state index in [1.807, 2.05) is 39.0 Å². The maximum Gasteiger partial charge on any atom is 0.418 e. The Kier molecular flexibility index (Phi) is 7.61. The number of alkyl halides is 3. The molecule has 0 radical (unpaired) electrons. The molecule has 8 heteroatoms. The van der Waals surface area contributed by atoms with Crippen molar-refractivity contribution in [2.75, 3.05) is 30.8 Å². The molecule has 0 heterocycles. The highest BCUT2D eigenvalue weighted by atomic mass is 19.4. The first-order chi connectivity index (χ1) is 14.0. The summed E-state index contributed by atoms with van der Waals surface area (Å²) < 4.78 is 39.1. The smallest absolute Gasteiger partial charge is 0.324 e. The van der Waals surface area contributed by atoms with Gasteiger partial charge in [0.1, 0.15) is 0 Å². The number of nitrogens with zero attached hydrogens (tertiary/aromatic N) is 1. The minimum atomic E-state index is -4.57. The van der Waals surface area contributed by atoms with Crippen LogP contribution in [0.3, 0.4) is 0 Å². The third-order valence-corrected chi connectivity index (χ3v) is 4.53. The molecule has 2 amide bonds. The van der Waals surface area contributed by atoms with Gasteiger partial charge in [0.05, 0.1) is 24.3 Å². The number of carbonyl (C=O) groups excluding carboxylic acids is 2. The van der Waals surface area contributed by atoms with Crippen molar-refractivity contribution in [2.24, 2.45) is 0 Å². The van der Waals surface area contributed by atoms with Crippen molar-refractivity contribution >= 4 is 23.2 Å². The average Bonchev–Trinajstić information content (AvgIpc) is 2.62. The zero-order chi connectivity index (χ0) is 22.5. The largest absolute Gasteiger partial charge is 0.418 e. The van der Waals surface area contributed by atoms with Gasteiger partial charge in [-0.1, -0.05) is 44.2 Å². The van der Waals surface area contributed by atoms with E-state index in [1.165, 1.54) is 23.1 Å². The highest BCUT2D eigenvalue weighted by molar-refractivity contribution is 5.96. The molecule has 0 aliphatic heterocycles. The van der Waals surface area contributed by atoms with Crippen LogP contribution in [0.15, 0.2) is 42.5 Å². The second-order valence-electron chi connectivity index (χ2n) is 7.51. The number of hydrogen-bond donors (Lipinski definition) is 2. The van der Waals surface area contributed by atoms with E-state index in [1.54, 1.807) is 7.05 Å². The quantitative estimate of drug-likeness (QED) is 0.684. The van der Waals surface area contributed by atoms with Crippen molar-refractivity contribution in [1.29, 1.82) is 0 Å². The van der Waals surface area contributed by atoms with Gasteiger partial charge < -0.3 is 10.6 Å². The van der Waals surface area contributed by atoms with Crippen LogP contribution < -0.4 is 10.6 Å². The molecule has 0 unspecified atom stereocenters. The Morgan fingerprint density at radius 1 is 0.967 bits per heavy atom. The zero-order valence-electron chi connectivity index (χ0n) is 17.4. The van der Waals surface area contributed by atoms with Crippen LogP contribution in [-0.4, -0.2) is 36.9 Å². The lowest BCUT2D eigenvalue weighted by Gasteiger charge is -2.20. The minimum absolute atomic E-state index is 0.0831. The van der Waals surface area contributed by atoms with Gasteiger partial charge in [0.2, 0.25) is 11.8 Å². The lowest BCUT2D eigenvalue weighted by Crippen LogP contribution is -2.36. The molecule has 5 nitrogen and oxygen atoms in total. The number of aryl methyl sites for hydroxylation is 1. The van der Waals surface area contributed by atoms with Gasteiger partial charge in [0, 0.05) is 5.69 Å². The summed E-state index contributed by atoms with van der Waals surface area (Å²) in [5.41, 5.74) is 1.45. The fourth-order valence-electron chi connectivity index (χ4n) is 3.10. The van der Waals surface area contributed by atoms with Crippen LogP contribution in [0.1, 0.15) is 36.5 Å². The molecular formula is C22H26F3N3O2. The highest BCUT2D eigenvalue weighted by Gasteiger charge is 2.33. The molecule has 2 aromatic rings. The first-order valence-corrected chi connectivity index (χ1v) is 9.53. The number of likely N-dealkylation sites (N-methyl/N-ethyl adjacent to an activating group) is 1. The van der Waals surface area contributed by atoms with Crippen molar-refractivity contribution in [3.63, 3.8) is 0 Å². The van der Waals surface area contributed by atoms with Crippen LogP contribution in [0.2, 0.25) is 0 Å². The predicted molar refractivity (Wildman–Crippen MR) is 111 cm³/mol. The van der Waals surface area contributed by atoms with E-state index >= 15 is 0 Å². The predicted octanol–water partition coefficient (Wildman–Crippen LogP) is 4.65. The highest BCUT2D eigenvalue weighted by Crippen LogP contribution is 2.34. The fraction of sp³-hybridized carbons (Fsp3) is 0.364. The molecule has 2 N–H and O–H groups in total. The summed E-state index contributed by atoms with van der Waals surface area (Å²) in [6.07, 6.45) is -4.57. The van der Waals surface area contributed by atoms with Crippen molar-refractivity contribution in [2.45, 2.75) is 32.9 Å². The summed E-state index contributed by atoms with van der Waals surface area (Å²) in [6, 6.07) is 10.5. The molecule has 2 rings (SSSR count). The molecule has 0 aliphatic carbocycles. The van der Waals surface area contributed by atoms with Crippen LogP contribution in [-0.2, 0) is 15.8 Å². The van der Waals surface area contributed by atoms with Crippen LogP contribution in [0.5, 0.6) is 0 Å². The summed E-state index contributed by atoms with van der Waals surface area (Å²) >= 11 is 0. The van der Waals surface area contributed by atoms with Gasteiger partial charge >= 0.3 is 6.18 Å². The minimum Gasteiger partial charge on any atom is -0.324 e. The normalized spacial score (nSPS) is 11.6. The fourth-order valence-corrected chi connectivity index (χ4v) is 3.10. The molecule has 0 fully saturated rings. The molecule has 2 aromatic carbocycles. The van der Waals surface area contributed by atoms with Gasteiger partial charge in [-0.25, -0.2) is 0 Å². The third kappa shape index (κ3) is 6.32. The van der Waals surface area contributed by atoms with E-state index < -0.39 is 17.6 Å². The van der Waals surface area contributed by atoms with Crippen molar-refractivity contribution in [3.8, 4) is 0 Å². The van der Waals surface area contributed by atoms with Gasteiger partial charge in [0.25, 0.3) is 0 Å². The number of benzene rings is 2. The first-order valence-electron chi connectivity index (χ1n) is 9.53. The number of amides is 2. The van der Waals surface area contributed by atoms with Crippen molar-refractivity contribution < 1.29 is 22.8 Å². The maximum atomic E-state index is 13.0. The van der Waals surface area contributed by atoms with Crippen LogP contribution in [0.25, 0.3) is 0 Å². The number of anilines is 2. The molecular weight excluding hydrogens is 395 g/mol. The Bertz CT molecular complexity index is 911. The SMILES string of the molecule is Cc1cccc(C(C)C)c1NC(=O)CN(C)CC(=O)Nc1ccccc1C(F)(F)F. The molecule has 0 saturated heterocycles. The van der Waals surface area contributed by atoms with Gasteiger partial charge in [-0.15, -0.1) is 0 Å². The van der Waals surface area contributed by atoms with E-state index in [2.05, 4.69) is 10.6 Å².